The Balaban J connectivity index is 1.48. The Bertz CT molecular complexity index is 666. The lowest BCUT2D eigenvalue weighted by Gasteiger charge is -2.30. The van der Waals surface area contributed by atoms with Crippen molar-refractivity contribution in [1.82, 2.24) is 9.88 Å². The standard InChI is InChI=1S/C15H16N4O2S/c16-7-12-3-6-22-15(12)18-14(20)9-19-4-1-11(2-5-19)13-8-17-10-21-13/h3,6,8,10-11H,1-2,4-5,9H2,(H,18,20). The first-order valence-corrected chi connectivity index (χ1v) is 8.02. The highest BCUT2D eigenvalue weighted by Gasteiger charge is 2.24. The lowest BCUT2D eigenvalue weighted by Crippen LogP contribution is -2.38. The van der Waals surface area contributed by atoms with Crippen LogP contribution in [0.25, 0.3) is 0 Å². The molecule has 7 heteroatoms. The molecule has 3 rings (SSSR count). The summed E-state index contributed by atoms with van der Waals surface area (Å²) in [6, 6.07) is 3.78. The lowest BCUT2D eigenvalue weighted by atomic mass is 9.95. The number of nitrogens with zero attached hydrogens (tertiary/aromatic N) is 3. The van der Waals surface area contributed by atoms with Gasteiger partial charge >= 0.3 is 0 Å². The molecular formula is C15H16N4O2S. The Morgan fingerprint density at radius 1 is 1.55 bits per heavy atom. The van der Waals surface area contributed by atoms with E-state index in [4.69, 9.17) is 9.68 Å². The van der Waals surface area contributed by atoms with E-state index >= 15 is 0 Å². The van der Waals surface area contributed by atoms with Crippen LogP contribution in [0.3, 0.4) is 0 Å². The minimum atomic E-state index is -0.0722. The Hall–Kier alpha value is -2.17. The topological polar surface area (TPSA) is 82.2 Å². The smallest absolute Gasteiger partial charge is 0.239 e. The summed E-state index contributed by atoms with van der Waals surface area (Å²) in [4.78, 5) is 18.2. The fourth-order valence-electron chi connectivity index (χ4n) is 2.67. The number of carbonyl (C=O) groups excluding carboxylic acids is 1. The van der Waals surface area contributed by atoms with E-state index in [1.54, 1.807) is 17.6 Å². The van der Waals surface area contributed by atoms with Crippen molar-refractivity contribution < 1.29 is 9.21 Å². The molecule has 0 aromatic carbocycles. The van der Waals surface area contributed by atoms with Gasteiger partial charge in [0.15, 0.2) is 6.39 Å². The zero-order valence-electron chi connectivity index (χ0n) is 12.0. The van der Waals surface area contributed by atoms with Crippen molar-refractivity contribution in [3.8, 4) is 6.07 Å². The van der Waals surface area contributed by atoms with Crippen LogP contribution in [0.2, 0.25) is 0 Å². The normalized spacial score (nSPS) is 16.3. The Kier molecular flexibility index (Phi) is 4.51. The summed E-state index contributed by atoms with van der Waals surface area (Å²) < 4.78 is 5.35. The number of aromatic nitrogens is 1. The van der Waals surface area contributed by atoms with Crippen LogP contribution in [0.4, 0.5) is 5.00 Å². The maximum atomic E-state index is 12.1. The third-order valence-corrected chi connectivity index (χ3v) is 4.68. The molecule has 2 aromatic rings. The van der Waals surface area contributed by atoms with Crippen molar-refractivity contribution in [1.29, 1.82) is 5.26 Å². The molecule has 0 unspecified atom stereocenters. The molecule has 1 fully saturated rings. The van der Waals surface area contributed by atoms with Crippen molar-refractivity contribution in [2.45, 2.75) is 18.8 Å². The van der Waals surface area contributed by atoms with Gasteiger partial charge in [0, 0.05) is 5.92 Å². The van der Waals surface area contributed by atoms with Crippen LogP contribution in [0.5, 0.6) is 0 Å². The van der Waals surface area contributed by atoms with Gasteiger partial charge in [-0.1, -0.05) is 0 Å². The summed E-state index contributed by atoms with van der Waals surface area (Å²) in [5.74, 6) is 1.25. The zero-order valence-corrected chi connectivity index (χ0v) is 12.8. The van der Waals surface area contributed by atoms with Crippen molar-refractivity contribution in [2.24, 2.45) is 0 Å². The second kappa shape index (κ2) is 6.73. The highest BCUT2D eigenvalue weighted by Crippen LogP contribution is 2.27. The molecule has 2 aromatic heterocycles. The quantitative estimate of drug-likeness (QED) is 0.936. The predicted octanol–water partition coefficient (Wildman–Crippen LogP) is 2.43. The molecule has 1 saturated heterocycles. The van der Waals surface area contributed by atoms with Crippen LogP contribution >= 0.6 is 11.3 Å². The molecule has 3 heterocycles. The molecule has 0 radical (unpaired) electrons. The van der Waals surface area contributed by atoms with Crippen molar-refractivity contribution >= 4 is 22.2 Å². The average molecular weight is 316 g/mol. The van der Waals surface area contributed by atoms with Crippen LogP contribution in [0.15, 0.2) is 28.5 Å². The van der Waals surface area contributed by atoms with E-state index < -0.39 is 0 Å². The number of oxazole rings is 1. The van der Waals surface area contributed by atoms with Gasteiger partial charge in [-0.15, -0.1) is 11.3 Å². The molecule has 6 nitrogen and oxygen atoms in total. The minimum absolute atomic E-state index is 0.0722. The number of amides is 1. The number of thiophene rings is 1. The molecule has 0 aliphatic carbocycles. The van der Waals surface area contributed by atoms with Gasteiger partial charge in [-0.2, -0.15) is 5.26 Å². The number of piperidine rings is 1. The van der Waals surface area contributed by atoms with Crippen LogP contribution in [0, 0.1) is 11.3 Å². The first kappa shape index (κ1) is 14.8. The van der Waals surface area contributed by atoms with E-state index in [9.17, 15) is 4.79 Å². The van der Waals surface area contributed by atoms with E-state index in [0.29, 0.717) is 23.0 Å². The Morgan fingerprint density at radius 3 is 3.05 bits per heavy atom. The van der Waals surface area contributed by atoms with Crippen LogP contribution in [-0.2, 0) is 4.79 Å². The molecule has 1 aliphatic heterocycles. The van der Waals surface area contributed by atoms with Crippen LogP contribution in [0.1, 0.15) is 30.1 Å². The summed E-state index contributed by atoms with van der Waals surface area (Å²) >= 11 is 1.37. The number of anilines is 1. The largest absolute Gasteiger partial charge is 0.448 e. The van der Waals surface area contributed by atoms with E-state index in [1.165, 1.54) is 17.7 Å². The SMILES string of the molecule is N#Cc1ccsc1NC(=O)CN1CCC(c2cnco2)CC1. The Morgan fingerprint density at radius 2 is 2.36 bits per heavy atom. The average Bonchev–Trinajstić information content (AvgIpc) is 3.19. The fraction of sp³-hybridized carbons (Fsp3) is 0.400. The van der Waals surface area contributed by atoms with E-state index in [-0.39, 0.29) is 5.91 Å². The van der Waals surface area contributed by atoms with Gasteiger partial charge < -0.3 is 9.73 Å². The first-order valence-electron chi connectivity index (χ1n) is 7.14. The van der Waals surface area contributed by atoms with E-state index in [1.807, 2.05) is 0 Å². The second-order valence-corrected chi connectivity index (χ2v) is 6.19. The van der Waals surface area contributed by atoms with Crippen LogP contribution < -0.4 is 5.32 Å². The number of nitriles is 1. The molecule has 114 valence electrons. The number of nitrogens with one attached hydrogen (secondary N) is 1. The monoisotopic (exact) mass is 316 g/mol. The highest BCUT2D eigenvalue weighted by molar-refractivity contribution is 7.14. The van der Waals surface area contributed by atoms with Crippen molar-refractivity contribution in [3.63, 3.8) is 0 Å². The summed E-state index contributed by atoms with van der Waals surface area (Å²) in [7, 11) is 0. The second-order valence-electron chi connectivity index (χ2n) is 5.28. The zero-order chi connectivity index (χ0) is 15.4. The van der Waals surface area contributed by atoms with Crippen molar-refractivity contribution in [2.75, 3.05) is 25.0 Å². The third-order valence-electron chi connectivity index (χ3n) is 3.85. The maximum Gasteiger partial charge on any atom is 0.239 e. The molecule has 1 aliphatic rings. The summed E-state index contributed by atoms with van der Waals surface area (Å²) in [5, 5.41) is 14.2. The molecule has 1 N–H and O–H groups in total. The number of carbonyl (C=O) groups is 1. The highest BCUT2D eigenvalue weighted by atomic mass is 32.1. The van der Waals surface area contributed by atoms with Crippen molar-refractivity contribution in [3.05, 3.63) is 35.4 Å². The predicted molar refractivity (Wildman–Crippen MR) is 82.6 cm³/mol. The van der Waals surface area contributed by atoms with Gasteiger partial charge in [-0.3, -0.25) is 9.69 Å². The fourth-order valence-corrected chi connectivity index (χ4v) is 3.42. The summed E-state index contributed by atoms with van der Waals surface area (Å²) in [5.41, 5.74) is 0.516. The first-order chi connectivity index (χ1) is 10.8. The number of hydrogen-bond acceptors (Lipinski definition) is 6. The van der Waals surface area contributed by atoms with Gasteiger partial charge in [-0.05, 0) is 37.4 Å². The summed E-state index contributed by atoms with van der Waals surface area (Å²) in [6.45, 7) is 2.06. The lowest BCUT2D eigenvalue weighted by molar-refractivity contribution is -0.117. The number of rotatable bonds is 4. The van der Waals surface area contributed by atoms with Gasteiger partial charge in [0.25, 0.3) is 0 Å². The van der Waals surface area contributed by atoms with E-state index in [2.05, 4.69) is 21.3 Å². The number of likely N-dealkylation sites (tertiary alicyclic amines) is 1. The third kappa shape index (κ3) is 3.35. The molecule has 0 spiro atoms. The molecule has 0 saturated carbocycles. The molecular weight excluding hydrogens is 300 g/mol. The molecule has 1 amide bonds. The van der Waals surface area contributed by atoms with E-state index in [0.717, 1.165) is 31.7 Å². The number of hydrogen-bond donors (Lipinski definition) is 1. The summed E-state index contributed by atoms with van der Waals surface area (Å²) in [6.07, 6.45) is 5.16. The minimum Gasteiger partial charge on any atom is -0.448 e. The van der Waals surface area contributed by atoms with Gasteiger partial charge in [0.05, 0.1) is 18.3 Å². The molecule has 22 heavy (non-hydrogen) atoms. The molecule has 0 bridgehead atoms. The van der Waals surface area contributed by atoms with Gasteiger partial charge in [0.1, 0.15) is 16.8 Å². The maximum absolute atomic E-state index is 12.1. The van der Waals surface area contributed by atoms with Gasteiger partial charge in [-0.25, -0.2) is 4.98 Å². The van der Waals surface area contributed by atoms with Crippen LogP contribution in [-0.4, -0.2) is 35.4 Å². The van der Waals surface area contributed by atoms with Gasteiger partial charge in [0.2, 0.25) is 5.91 Å². The molecule has 0 atom stereocenters. The Labute approximate surface area is 132 Å².